The molecule has 3 heterocycles. The van der Waals surface area contributed by atoms with Crippen molar-refractivity contribution < 1.29 is 27.3 Å². The topological polar surface area (TPSA) is 130 Å². The standard InChI is InChI=1S/C21H14F3N5O4S/c22-21(23,24)12-8-10(29(31)32)3-6-14(12)28-19-11(18(27-28)15-2-1-7-33-15)4-5-13-20(19)34-17(26-13)9-16(25)30/h1-3,6-8H,4-5,9H2,(H2,25,30). The summed E-state index contributed by atoms with van der Waals surface area (Å²) in [4.78, 5) is 26.7. The molecule has 0 atom stereocenters. The maximum atomic E-state index is 14.0. The number of alkyl halides is 3. The molecule has 34 heavy (non-hydrogen) atoms. The van der Waals surface area contributed by atoms with Gasteiger partial charge in [0.05, 0.1) is 45.1 Å². The average molecular weight is 489 g/mol. The zero-order valence-corrected chi connectivity index (χ0v) is 17.9. The predicted octanol–water partition coefficient (Wildman–Crippen LogP) is 4.31. The van der Waals surface area contributed by atoms with E-state index in [2.05, 4.69) is 10.1 Å². The first-order valence-corrected chi connectivity index (χ1v) is 10.7. The number of hydrogen-bond acceptors (Lipinski definition) is 7. The summed E-state index contributed by atoms with van der Waals surface area (Å²) in [6.07, 6.45) is -2.64. The Balaban J connectivity index is 1.79. The highest BCUT2D eigenvalue weighted by Crippen LogP contribution is 2.45. The molecule has 1 amide bonds. The van der Waals surface area contributed by atoms with Crippen molar-refractivity contribution in [2.24, 2.45) is 5.73 Å². The van der Waals surface area contributed by atoms with Crippen LogP contribution in [0.15, 0.2) is 41.0 Å². The number of furan rings is 1. The van der Waals surface area contributed by atoms with Crippen molar-refractivity contribution in [3.63, 3.8) is 0 Å². The second kappa shape index (κ2) is 7.80. The number of thiazole rings is 1. The normalized spacial score (nSPS) is 12.9. The van der Waals surface area contributed by atoms with Gasteiger partial charge in [-0.3, -0.25) is 14.9 Å². The van der Waals surface area contributed by atoms with E-state index in [1.54, 1.807) is 12.1 Å². The average Bonchev–Trinajstić information content (AvgIpc) is 3.49. The molecular weight excluding hydrogens is 475 g/mol. The Morgan fingerprint density at radius 2 is 2.09 bits per heavy atom. The number of aryl methyl sites for hydroxylation is 1. The number of fused-ring (bicyclic) bond motifs is 3. The molecule has 5 rings (SSSR count). The largest absolute Gasteiger partial charge is 0.463 e. The van der Waals surface area contributed by atoms with E-state index in [9.17, 15) is 28.1 Å². The van der Waals surface area contributed by atoms with Crippen LogP contribution in [0.5, 0.6) is 0 Å². The first-order valence-electron chi connectivity index (χ1n) is 9.92. The predicted molar refractivity (Wildman–Crippen MR) is 114 cm³/mol. The van der Waals surface area contributed by atoms with E-state index in [0.29, 0.717) is 57.2 Å². The maximum absolute atomic E-state index is 14.0. The number of aromatic nitrogens is 3. The van der Waals surface area contributed by atoms with Crippen LogP contribution < -0.4 is 5.73 Å². The quantitative estimate of drug-likeness (QED) is 0.328. The number of primary amides is 1. The van der Waals surface area contributed by atoms with Crippen LogP contribution >= 0.6 is 11.3 Å². The van der Waals surface area contributed by atoms with Crippen LogP contribution in [-0.4, -0.2) is 25.6 Å². The number of nitrogens with two attached hydrogens (primary N) is 1. The van der Waals surface area contributed by atoms with E-state index < -0.39 is 28.3 Å². The van der Waals surface area contributed by atoms with Crippen LogP contribution in [0, 0.1) is 10.1 Å². The number of benzene rings is 1. The molecule has 13 heteroatoms. The molecule has 2 N–H and O–H groups in total. The van der Waals surface area contributed by atoms with Gasteiger partial charge in [0.2, 0.25) is 5.91 Å². The van der Waals surface area contributed by atoms with Crippen LogP contribution in [0.4, 0.5) is 18.9 Å². The Labute approximate surface area is 192 Å². The molecular formula is C21H14F3N5O4S. The number of halogens is 3. The molecule has 0 saturated carbocycles. The van der Waals surface area contributed by atoms with E-state index in [-0.39, 0.29) is 12.1 Å². The third-order valence-corrected chi connectivity index (χ3v) is 6.46. The second-order valence-electron chi connectivity index (χ2n) is 7.55. The summed E-state index contributed by atoms with van der Waals surface area (Å²) in [6, 6.07) is 5.80. The number of nitrogens with zero attached hydrogens (tertiary/aromatic N) is 4. The molecule has 0 aliphatic heterocycles. The van der Waals surface area contributed by atoms with Crippen LogP contribution in [0.25, 0.3) is 27.7 Å². The van der Waals surface area contributed by atoms with Crippen molar-refractivity contribution in [1.29, 1.82) is 0 Å². The number of amides is 1. The van der Waals surface area contributed by atoms with Crippen molar-refractivity contribution in [3.8, 4) is 27.7 Å². The van der Waals surface area contributed by atoms with Crippen molar-refractivity contribution in [1.82, 2.24) is 14.8 Å². The minimum atomic E-state index is -4.88. The van der Waals surface area contributed by atoms with E-state index >= 15 is 0 Å². The van der Waals surface area contributed by atoms with Gasteiger partial charge in [0.25, 0.3) is 5.69 Å². The lowest BCUT2D eigenvalue weighted by Gasteiger charge is -2.17. The van der Waals surface area contributed by atoms with Crippen molar-refractivity contribution in [2.45, 2.75) is 25.4 Å². The maximum Gasteiger partial charge on any atom is 0.418 e. The Morgan fingerprint density at radius 3 is 2.74 bits per heavy atom. The Kier molecular flexibility index (Phi) is 5.01. The van der Waals surface area contributed by atoms with Gasteiger partial charge in [-0.05, 0) is 31.0 Å². The van der Waals surface area contributed by atoms with Crippen LogP contribution in [0.1, 0.15) is 21.8 Å². The summed E-state index contributed by atoms with van der Waals surface area (Å²) in [5.41, 5.74) is 5.04. The van der Waals surface area contributed by atoms with Crippen LogP contribution in [-0.2, 0) is 30.2 Å². The van der Waals surface area contributed by atoms with Crippen LogP contribution in [0.3, 0.4) is 0 Å². The van der Waals surface area contributed by atoms with Crippen LogP contribution in [0.2, 0.25) is 0 Å². The molecule has 0 unspecified atom stereocenters. The fourth-order valence-electron chi connectivity index (χ4n) is 3.98. The fraction of sp³-hybridized carbons (Fsp3) is 0.190. The molecule has 0 spiro atoms. The molecule has 4 aromatic rings. The SMILES string of the molecule is NC(=O)Cc1nc2c(s1)-c1c(c(-c3ccco3)nn1-c1ccc([N+](=O)[O-])cc1C(F)(F)F)CC2. The number of non-ortho nitro benzene ring substituents is 1. The number of nitro groups is 1. The first-order chi connectivity index (χ1) is 16.1. The zero-order chi connectivity index (χ0) is 24.2. The molecule has 0 fully saturated rings. The summed E-state index contributed by atoms with van der Waals surface area (Å²) in [5, 5.41) is 16.0. The molecule has 1 aliphatic rings. The highest BCUT2D eigenvalue weighted by Gasteiger charge is 2.38. The van der Waals surface area contributed by atoms with Gasteiger partial charge in [0, 0.05) is 17.7 Å². The molecule has 3 aromatic heterocycles. The number of carbonyl (C=O) groups is 1. The Bertz CT molecular complexity index is 1440. The summed E-state index contributed by atoms with van der Waals surface area (Å²) in [5.74, 6) is -0.207. The minimum absolute atomic E-state index is 0.0997. The van der Waals surface area contributed by atoms with Gasteiger partial charge in [0.1, 0.15) is 10.7 Å². The smallest absolute Gasteiger partial charge is 0.418 e. The molecule has 1 aromatic carbocycles. The lowest BCUT2D eigenvalue weighted by molar-refractivity contribution is -0.385. The van der Waals surface area contributed by atoms with Gasteiger partial charge in [-0.25, -0.2) is 9.67 Å². The van der Waals surface area contributed by atoms with E-state index in [0.717, 1.165) is 28.2 Å². The Morgan fingerprint density at radius 1 is 1.29 bits per heavy atom. The lowest BCUT2D eigenvalue weighted by atomic mass is 9.96. The van der Waals surface area contributed by atoms with Crippen molar-refractivity contribution in [2.75, 3.05) is 0 Å². The summed E-state index contributed by atoms with van der Waals surface area (Å²) >= 11 is 1.15. The van der Waals surface area contributed by atoms with Gasteiger partial charge in [-0.1, -0.05) is 0 Å². The molecule has 174 valence electrons. The molecule has 1 aliphatic carbocycles. The molecule has 0 bridgehead atoms. The number of carbonyl (C=O) groups excluding carboxylic acids is 1. The van der Waals surface area contributed by atoms with Crippen molar-refractivity contribution in [3.05, 3.63) is 68.5 Å². The van der Waals surface area contributed by atoms with Gasteiger partial charge < -0.3 is 10.2 Å². The zero-order valence-electron chi connectivity index (χ0n) is 17.1. The van der Waals surface area contributed by atoms with Gasteiger partial charge in [-0.2, -0.15) is 18.3 Å². The van der Waals surface area contributed by atoms with Gasteiger partial charge in [-0.15, -0.1) is 11.3 Å². The van der Waals surface area contributed by atoms with Crippen molar-refractivity contribution >= 4 is 22.9 Å². The van der Waals surface area contributed by atoms with Gasteiger partial charge in [0.15, 0.2) is 5.76 Å². The molecule has 0 radical (unpaired) electrons. The van der Waals surface area contributed by atoms with E-state index in [1.807, 2.05) is 0 Å². The molecule has 9 nitrogen and oxygen atoms in total. The van der Waals surface area contributed by atoms with E-state index in [1.165, 1.54) is 6.26 Å². The monoisotopic (exact) mass is 489 g/mol. The third-order valence-electron chi connectivity index (χ3n) is 5.36. The lowest BCUT2D eigenvalue weighted by Crippen LogP contribution is -2.14. The number of nitro benzene ring substituents is 1. The fourth-order valence-corrected chi connectivity index (χ4v) is 5.16. The molecule has 0 saturated heterocycles. The highest BCUT2D eigenvalue weighted by atomic mass is 32.1. The summed E-state index contributed by atoms with van der Waals surface area (Å²) in [6.45, 7) is 0. The summed E-state index contributed by atoms with van der Waals surface area (Å²) < 4.78 is 48.6. The number of hydrogen-bond donors (Lipinski definition) is 1. The van der Waals surface area contributed by atoms with E-state index in [4.69, 9.17) is 10.2 Å². The Hall–Kier alpha value is -4.00. The third kappa shape index (κ3) is 3.63. The highest BCUT2D eigenvalue weighted by molar-refractivity contribution is 7.15. The minimum Gasteiger partial charge on any atom is -0.463 e. The van der Waals surface area contributed by atoms with Gasteiger partial charge >= 0.3 is 6.18 Å². The summed E-state index contributed by atoms with van der Waals surface area (Å²) in [7, 11) is 0. The second-order valence-corrected chi connectivity index (χ2v) is 8.63. The first kappa shape index (κ1) is 21.8. The number of rotatable bonds is 5.